The van der Waals surface area contributed by atoms with Crippen LogP contribution in [0.2, 0.25) is 0 Å². The van der Waals surface area contributed by atoms with Crippen molar-refractivity contribution in [2.24, 2.45) is 5.10 Å². The molecule has 0 saturated heterocycles. The van der Waals surface area contributed by atoms with Gasteiger partial charge in [0.25, 0.3) is 5.69 Å². The van der Waals surface area contributed by atoms with E-state index in [1.54, 1.807) is 31.1 Å². The Hall–Kier alpha value is -2.44. The van der Waals surface area contributed by atoms with Gasteiger partial charge in [0.05, 0.1) is 4.92 Å². The van der Waals surface area contributed by atoms with E-state index in [0.29, 0.717) is 0 Å². The second-order valence-electron chi connectivity index (χ2n) is 4.70. The maximum absolute atomic E-state index is 11.6. The van der Waals surface area contributed by atoms with Gasteiger partial charge in [0.2, 0.25) is 5.91 Å². The summed E-state index contributed by atoms with van der Waals surface area (Å²) in [5, 5.41) is 14.5. The number of carbonyl (C=O) groups is 1. The van der Waals surface area contributed by atoms with E-state index >= 15 is 0 Å². The van der Waals surface area contributed by atoms with Crippen molar-refractivity contribution >= 4 is 17.9 Å². The van der Waals surface area contributed by atoms with Gasteiger partial charge in [-0.3, -0.25) is 14.9 Å². The van der Waals surface area contributed by atoms with Crippen LogP contribution in [0.4, 0.5) is 5.69 Å². The van der Waals surface area contributed by atoms with Gasteiger partial charge in [-0.1, -0.05) is 19.1 Å². The molecule has 1 aromatic rings. The number of hydrazone groups is 1. The zero-order chi connectivity index (χ0) is 15.1. The van der Waals surface area contributed by atoms with Crippen molar-refractivity contribution in [3.63, 3.8) is 0 Å². The number of amides is 1. The fourth-order valence-corrected chi connectivity index (χ4v) is 1.60. The summed E-state index contributed by atoms with van der Waals surface area (Å²) in [5.41, 5.74) is 3.19. The van der Waals surface area contributed by atoms with Crippen molar-refractivity contribution in [3.8, 4) is 0 Å². The maximum atomic E-state index is 11.6. The number of hydrogen-bond acceptors (Lipinski definition) is 4. The number of nitro benzene ring substituents is 1. The van der Waals surface area contributed by atoms with Crippen LogP contribution in [0.5, 0.6) is 0 Å². The van der Waals surface area contributed by atoms with Crippen molar-refractivity contribution in [2.75, 3.05) is 14.1 Å². The minimum absolute atomic E-state index is 0.0281. The molecular formula is C13H18N4O3. The average molecular weight is 278 g/mol. The van der Waals surface area contributed by atoms with Crippen LogP contribution in [0.3, 0.4) is 0 Å². The monoisotopic (exact) mass is 278 g/mol. The predicted octanol–water partition coefficient (Wildman–Crippen LogP) is 1.71. The quantitative estimate of drug-likeness (QED) is 0.371. The van der Waals surface area contributed by atoms with Crippen LogP contribution in [-0.4, -0.2) is 36.2 Å². The fraction of sp³-hybridized carbons (Fsp3) is 0.385. The van der Waals surface area contributed by atoms with Crippen LogP contribution in [0.1, 0.15) is 24.8 Å². The molecule has 20 heavy (non-hydrogen) atoms. The first-order valence-electron chi connectivity index (χ1n) is 6.13. The summed E-state index contributed by atoms with van der Waals surface area (Å²) in [6.45, 7) is 1.84. The highest BCUT2D eigenvalue weighted by atomic mass is 16.6. The lowest BCUT2D eigenvalue weighted by Gasteiger charge is -2.10. The van der Waals surface area contributed by atoms with E-state index in [1.165, 1.54) is 18.5 Å². The number of non-ortho nitro benzene ring substituents is 1. The van der Waals surface area contributed by atoms with Gasteiger partial charge in [-0.2, -0.15) is 5.10 Å². The van der Waals surface area contributed by atoms with Gasteiger partial charge in [0.15, 0.2) is 0 Å². The lowest BCUT2D eigenvalue weighted by Crippen LogP contribution is -2.21. The average Bonchev–Trinajstić information content (AvgIpc) is 2.38. The zero-order valence-electron chi connectivity index (χ0n) is 11.7. The molecule has 0 fully saturated rings. The Kier molecular flexibility index (Phi) is 5.64. The lowest BCUT2D eigenvalue weighted by molar-refractivity contribution is -0.384. The van der Waals surface area contributed by atoms with Crippen LogP contribution in [-0.2, 0) is 4.79 Å². The summed E-state index contributed by atoms with van der Waals surface area (Å²) in [7, 11) is 3.59. The van der Waals surface area contributed by atoms with Gasteiger partial charge in [-0.25, -0.2) is 5.43 Å². The topological polar surface area (TPSA) is 87.8 Å². The normalized spacial score (nSPS) is 12.2. The van der Waals surface area contributed by atoms with Gasteiger partial charge in [0, 0.05) is 32.6 Å². The molecule has 0 aliphatic rings. The molecular weight excluding hydrogens is 260 g/mol. The van der Waals surface area contributed by atoms with Crippen molar-refractivity contribution in [3.05, 3.63) is 39.9 Å². The molecule has 7 heteroatoms. The Bertz CT molecular complexity index is 514. The van der Waals surface area contributed by atoms with Crippen LogP contribution < -0.4 is 5.43 Å². The minimum Gasteiger partial charge on any atom is -0.367 e. The number of rotatable bonds is 6. The van der Waals surface area contributed by atoms with Crippen LogP contribution >= 0.6 is 0 Å². The second kappa shape index (κ2) is 7.22. The summed E-state index contributed by atoms with van der Waals surface area (Å²) in [4.78, 5) is 23.6. The van der Waals surface area contributed by atoms with E-state index < -0.39 is 4.92 Å². The van der Waals surface area contributed by atoms with Crippen molar-refractivity contribution < 1.29 is 9.72 Å². The zero-order valence-corrected chi connectivity index (χ0v) is 11.7. The molecule has 0 aliphatic carbocycles. The highest BCUT2D eigenvalue weighted by Gasteiger charge is 2.14. The summed E-state index contributed by atoms with van der Waals surface area (Å²) in [5.74, 6) is -0.355. The standard InChI is InChI=1S/C13H18N4O3/c1-10(7-13(18)15-14-9-16(2)3)11-5-4-6-12(8-11)17(19)20/h4-6,8-10H,7H2,1-3H3,(H,15,18). The highest BCUT2D eigenvalue weighted by molar-refractivity contribution is 5.77. The smallest absolute Gasteiger partial charge is 0.269 e. The van der Waals surface area contributed by atoms with E-state index in [-0.39, 0.29) is 23.9 Å². The van der Waals surface area contributed by atoms with E-state index in [2.05, 4.69) is 10.5 Å². The minimum atomic E-state index is -0.447. The van der Waals surface area contributed by atoms with E-state index in [0.717, 1.165) is 5.56 Å². The van der Waals surface area contributed by atoms with Gasteiger partial charge in [-0.15, -0.1) is 0 Å². The molecule has 0 saturated carbocycles. The van der Waals surface area contributed by atoms with E-state index in [1.807, 2.05) is 6.92 Å². The molecule has 7 nitrogen and oxygen atoms in total. The van der Waals surface area contributed by atoms with Crippen molar-refractivity contribution in [1.29, 1.82) is 0 Å². The SMILES string of the molecule is CC(CC(=O)NN=CN(C)C)c1cccc([N+](=O)[O-])c1. The van der Waals surface area contributed by atoms with Gasteiger partial charge >= 0.3 is 0 Å². The molecule has 0 aromatic heterocycles. The molecule has 0 radical (unpaired) electrons. The number of carbonyl (C=O) groups excluding carboxylic acids is 1. The fourth-order valence-electron chi connectivity index (χ4n) is 1.60. The number of benzene rings is 1. The van der Waals surface area contributed by atoms with Gasteiger partial charge < -0.3 is 4.90 Å². The van der Waals surface area contributed by atoms with Crippen molar-refractivity contribution in [2.45, 2.75) is 19.3 Å². The molecule has 0 spiro atoms. The summed E-state index contributed by atoms with van der Waals surface area (Å²) >= 11 is 0. The van der Waals surface area contributed by atoms with Gasteiger partial charge in [-0.05, 0) is 11.5 Å². The molecule has 1 aromatic carbocycles. The molecule has 0 heterocycles. The third kappa shape index (κ3) is 5.05. The third-order valence-electron chi connectivity index (χ3n) is 2.62. The highest BCUT2D eigenvalue weighted by Crippen LogP contribution is 2.22. The molecule has 0 bridgehead atoms. The number of hydrogen-bond donors (Lipinski definition) is 1. The van der Waals surface area contributed by atoms with Gasteiger partial charge in [0.1, 0.15) is 6.34 Å². The Morgan fingerprint density at radius 2 is 2.25 bits per heavy atom. The Morgan fingerprint density at radius 1 is 1.55 bits per heavy atom. The first-order valence-corrected chi connectivity index (χ1v) is 6.13. The first kappa shape index (κ1) is 15.6. The number of nitrogens with one attached hydrogen (secondary N) is 1. The second-order valence-corrected chi connectivity index (χ2v) is 4.70. The molecule has 1 unspecified atom stereocenters. The summed E-state index contributed by atoms with van der Waals surface area (Å²) in [6, 6.07) is 6.30. The first-order chi connectivity index (χ1) is 9.40. The molecule has 108 valence electrons. The summed E-state index contributed by atoms with van der Waals surface area (Å²) < 4.78 is 0. The van der Waals surface area contributed by atoms with E-state index in [9.17, 15) is 14.9 Å². The van der Waals surface area contributed by atoms with E-state index in [4.69, 9.17) is 0 Å². The number of nitro groups is 1. The molecule has 1 rings (SSSR count). The number of nitrogens with zero attached hydrogens (tertiary/aromatic N) is 3. The third-order valence-corrected chi connectivity index (χ3v) is 2.62. The maximum Gasteiger partial charge on any atom is 0.269 e. The Labute approximate surface area is 117 Å². The van der Waals surface area contributed by atoms with Crippen LogP contribution in [0, 0.1) is 10.1 Å². The molecule has 1 N–H and O–H groups in total. The lowest BCUT2D eigenvalue weighted by atomic mass is 9.97. The Morgan fingerprint density at radius 3 is 2.85 bits per heavy atom. The summed E-state index contributed by atoms with van der Waals surface area (Å²) in [6.07, 6.45) is 1.70. The molecule has 1 amide bonds. The van der Waals surface area contributed by atoms with Crippen LogP contribution in [0.25, 0.3) is 0 Å². The largest absolute Gasteiger partial charge is 0.367 e. The molecule has 0 aliphatic heterocycles. The van der Waals surface area contributed by atoms with Crippen molar-refractivity contribution in [1.82, 2.24) is 10.3 Å². The Balaban J connectivity index is 2.62. The van der Waals surface area contributed by atoms with Crippen LogP contribution in [0.15, 0.2) is 29.4 Å². The predicted molar refractivity (Wildman–Crippen MR) is 76.5 cm³/mol. The molecule has 1 atom stereocenters.